The van der Waals surface area contributed by atoms with Crippen LogP contribution >= 0.6 is 11.3 Å². The van der Waals surface area contributed by atoms with E-state index in [0.29, 0.717) is 16.1 Å². The largest absolute Gasteiger partial charge is 0.464 e. The van der Waals surface area contributed by atoms with E-state index in [1.165, 1.54) is 18.3 Å². The summed E-state index contributed by atoms with van der Waals surface area (Å²) in [7, 11) is 0. The number of amides is 1. The minimum absolute atomic E-state index is 0.00949. The highest BCUT2D eigenvalue weighted by molar-refractivity contribution is 7.14. The lowest BCUT2D eigenvalue weighted by Crippen LogP contribution is -2.30. The number of esters is 1. The molecule has 0 aliphatic carbocycles. The molecule has 2 aromatic heterocycles. The zero-order valence-corrected chi connectivity index (χ0v) is 16.0. The lowest BCUT2D eigenvalue weighted by Gasteiger charge is -2.12. The van der Waals surface area contributed by atoms with Gasteiger partial charge >= 0.3 is 5.97 Å². The van der Waals surface area contributed by atoms with Crippen molar-refractivity contribution in [3.63, 3.8) is 0 Å². The lowest BCUT2D eigenvalue weighted by atomic mass is 10.0. The van der Waals surface area contributed by atoms with Gasteiger partial charge in [0.25, 0.3) is 5.91 Å². The van der Waals surface area contributed by atoms with Crippen LogP contribution in [-0.4, -0.2) is 18.0 Å². The van der Waals surface area contributed by atoms with E-state index in [-0.39, 0.29) is 6.42 Å². The average molecular weight is 382 g/mol. The Balaban J connectivity index is 1.64. The number of nitrogens with one attached hydrogen (secondary N) is 1. The van der Waals surface area contributed by atoms with Gasteiger partial charge in [-0.1, -0.05) is 0 Å². The van der Waals surface area contributed by atoms with Crippen LogP contribution in [0.4, 0.5) is 5.00 Å². The van der Waals surface area contributed by atoms with Gasteiger partial charge in [-0.05, 0) is 55.5 Å². The van der Waals surface area contributed by atoms with E-state index >= 15 is 0 Å². The molecule has 0 unspecified atom stereocenters. The number of benzene rings is 1. The number of thiophene rings is 1. The number of anilines is 1. The van der Waals surface area contributed by atoms with E-state index in [2.05, 4.69) is 5.32 Å². The number of nitriles is 1. The van der Waals surface area contributed by atoms with E-state index in [0.717, 1.165) is 22.1 Å². The van der Waals surface area contributed by atoms with E-state index in [1.54, 1.807) is 17.7 Å². The molecule has 1 amide bonds. The first-order valence-electron chi connectivity index (χ1n) is 8.34. The Morgan fingerprint density at radius 3 is 2.81 bits per heavy atom. The summed E-state index contributed by atoms with van der Waals surface area (Å²) in [6, 6.07) is 7.52. The van der Waals surface area contributed by atoms with Gasteiger partial charge in [-0.15, -0.1) is 11.3 Å². The van der Waals surface area contributed by atoms with Gasteiger partial charge < -0.3 is 14.5 Å². The van der Waals surface area contributed by atoms with Gasteiger partial charge in [0, 0.05) is 10.9 Å². The van der Waals surface area contributed by atoms with Gasteiger partial charge in [0.15, 0.2) is 6.10 Å². The number of hydrogen-bond acceptors (Lipinski definition) is 6. The third-order valence-corrected chi connectivity index (χ3v) is 5.13. The van der Waals surface area contributed by atoms with Crippen LogP contribution < -0.4 is 5.32 Å². The molecule has 2 heterocycles. The van der Waals surface area contributed by atoms with Gasteiger partial charge in [0.05, 0.1) is 18.2 Å². The third kappa shape index (κ3) is 4.01. The van der Waals surface area contributed by atoms with E-state index in [1.807, 2.05) is 32.0 Å². The number of ether oxygens (including phenoxy) is 1. The molecule has 0 saturated heterocycles. The Hall–Kier alpha value is -3.11. The van der Waals surface area contributed by atoms with Gasteiger partial charge in [-0.2, -0.15) is 5.26 Å². The Morgan fingerprint density at radius 2 is 2.07 bits per heavy atom. The van der Waals surface area contributed by atoms with Crippen molar-refractivity contribution in [2.45, 2.75) is 33.3 Å². The van der Waals surface area contributed by atoms with Crippen LogP contribution in [0.2, 0.25) is 0 Å². The molecule has 138 valence electrons. The summed E-state index contributed by atoms with van der Waals surface area (Å²) < 4.78 is 10.8. The highest BCUT2D eigenvalue weighted by Crippen LogP contribution is 2.26. The van der Waals surface area contributed by atoms with Gasteiger partial charge in [-0.3, -0.25) is 9.59 Å². The normalized spacial score (nSPS) is 11.8. The second-order valence-electron chi connectivity index (χ2n) is 6.27. The topological polar surface area (TPSA) is 92.3 Å². The summed E-state index contributed by atoms with van der Waals surface area (Å²) >= 11 is 1.24. The van der Waals surface area contributed by atoms with Crippen molar-refractivity contribution < 1.29 is 18.7 Å². The van der Waals surface area contributed by atoms with Crippen LogP contribution in [-0.2, 0) is 20.7 Å². The molecule has 6 nitrogen and oxygen atoms in total. The molecule has 1 atom stereocenters. The summed E-state index contributed by atoms with van der Waals surface area (Å²) in [5, 5.41) is 14.6. The zero-order valence-electron chi connectivity index (χ0n) is 15.2. The number of rotatable bonds is 5. The standard InChI is InChI=1S/C20H18N2O4S/c1-11-6-16-15(10-25-17(16)7-12(11)2)8-18(23)26-13(3)19(24)22-20-14(9-21)4-5-27-20/h4-7,10,13H,8H2,1-3H3,(H,22,24)/t13-/m1/s1. The molecular weight excluding hydrogens is 364 g/mol. The fourth-order valence-corrected chi connectivity index (χ4v) is 3.37. The first-order valence-corrected chi connectivity index (χ1v) is 9.22. The zero-order chi connectivity index (χ0) is 19.6. The summed E-state index contributed by atoms with van der Waals surface area (Å²) in [5.74, 6) is -1.00. The number of carbonyl (C=O) groups is 2. The van der Waals surface area contributed by atoms with Gasteiger partial charge in [-0.25, -0.2) is 0 Å². The van der Waals surface area contributed by atoms with E-state index in [4.69, 9.17) is 14.4 Å². The molecule has 1 aromatic carbocycles. The smallest absolute Gasteiger partial charge is 0.311 e. The number of furan rings is 1. The highest BCUT2D eigenvalue weighted by Gasteiger charge is 2.21. The maximum atomic E-state index is 12.3. The average Bonchev–Trinajstić information content (AvgIpc) is 3.22. The monoisotopic (exact) mass is 382 g/mol. The fraction of sp³-hybridized carbons (Fsp3) is 0.250. The molecule has 0 spiro atoms. The molecule has 0 aliphatic rings. The molecule has 3 rings (SSSR count). The summed E-state index contributed by atoms with van der Waals surface area (Å²) in [6.07, 6.45) is 0.573. The SMILES string of the molecule is Cc1cc2occ(CC(=O)O[C@H](C)C(=O)Nc3sccc3C#N)c2cc1C. The van der Waals surface area contributed by atoms with Crippen molar-refractivity contribution in [3.05, 3.63) is 52.1 Å². The fourth-order valence-electron chi connectivity index (χ4n) is 2.63. The molecule has 0 aliphatic heterocycles. The number of nitrogens with zero attached hydrogens (tertiary/aromatic N) is 1. The van der Waals surface area contributed by atoms with Crippen molar-refractivity contribution in [1.29, 1.82) is 5.26 Å². The molecule has 0 bridgehead atoms. The van der Waals surface area contributed by atoms with Crippen molar-refractivity contribution in [1.82, 2.24) is 0 Å². The molecule has 1 N–H and O–H groups in total. The maximum absolute atomic E-state index is 12.3. The van der Waals surface area contributed by atoms with Crippen molar-refractivity contribution >= 4 is 39.2 Å². The summed E-state index contributed by atoms with van der Waals surface area (Å²) in [5.41, 5.74) is 4.03. The second kappa shape index (κ2) is 7.64. The lowest BCUT2D eigenvalue weighted by molar-refractivity contribution is -0.152. The van der Waals surface area contributed by atoms with Crippen LogP contribution in [0.3, 0.4) is 0 Å². The minimum atomic E-state index is -0.978. The Kier molecular flexibility index (Phi) is 5.28. The number of hydrogen-bond donors (Lipinski definition) is 1. The molecular formula is C20H18N2O4S. The van der Waals surface area contributed by atoms with Crippen LogP contribution in [0.25, 0.3) is 11.0 Å². The van der Waals surface area contributed by atoms with Crippen LogP contribution in [0.1, 0.15) is 29.2 Å². The van der Waals surface area contributed by atoms with Gasteiger partial charge in [0.2, 0.25) is 0 Å². The van der Waals surface area contributed by atoms with E-state index in [9.17, 15) is 9.59 Å². The Morgan fingerprint density at radius 1 is 1.33 bits per heavy atom. The molecule has 3 aromatic rings. The molecule has 0 radical (unpaired) electrons. The van der Waals surface area contributed by atoms with Crippen molar-refractivity contribution in [2.24, 2.45) is 0 Å². The molecule has 0 saturated carbocycles. The first-order chi connectivity index (χ1) is 12.9. The van der Waals surface area contributed by atoms with Gasteiger partial charge in [0.1, 0.15) is 16.7 Å². The highest BCUT2D eigenvalue weighted by atomic mass is 32.1. The Labute approximate surface area is 160 Å². The molecule has 7 heteroatoms. The van der Waals surface area contributed by atoms with Crippen LogP contribution in [0, 0.1) is 25.2 Å². The van der Waals surface area contributed by atoms with Crippen LogP contribution in [0.15, 0.2) is 34.3 Å². The number of fused-ring (bicyclic) bond motifs is 1. The summed E-state index contributed by atoms with van der Waals surface area (Å²) in [6.45, 7) is 5.49. The second-order valence-corrected chi connectivity index (χ2v) is 7.18. The van der Waals surface area contributed by atoms with Crippen molar-refractivity contribution in [2.75, 3.05) is 5.32 Å². The predicted octanol–water partition coefficient (Wildman–Crippen LogP) is 4.10. The number of aryl methyl sites for hydroxylation is 2. The predicted molar refractivity (Wildman–Crippen MR) is 103 cm³/mol. The Bertz CT molecular complexity index is 1060. The third-order valence-electron chi connectivity index (χ3n) is 4.30. The number of carbonyl (C=O) groups excluding carboxylic acids is 2. The van der Waals surface area contributed by atoms with Crippen LogP contribution in [0.5, 0.6) is 0 Å². The summed E-state index contributed by atoms with van der Waals surface area (Å²) in [4.78, 5) is 24.5. The first kappa shape index (κ1) is 18.7. The van der Waals surface area contributed by atoms with E-state index < -0.39 is 18.0 Å². The molecule has 0 fully saturated rings. The minimum Gasteiger partial charge on any atom is -0.464 e. The quantitative estimate of drug-likeness (QED) is 0.671. The van der Waals surface area contributed by atoms with Crippen molar-refractivity contribution in [3.8, 4) is 6.07 Å². The molecule has 27 heavy (non-hydrogen) atoms. The maximum Gasteiger partial charge on any atom is 0.311 e.